The first kappa shape index (κ1) is 17.0. The number of benzene rings is 1. The molecule has 1 aromatic carbocycles. The van der Waals surface area contributed by atoms with Crippen molar-refractivity contribution >= 4 is 39.6 Å². The minimum absolute atomic E-state index is 0.000814. The van der Waals surface area contributed by atoms with Crippen LogP contribution in [0.5, 0.6) is 0 Å². The molecule has 3 heterocycles. The molecule has 1 N–H and O–H groups in total. The number of amides is 2. The number of nitrogens with zero attached hydrogens (tertiary/aromatic N) is 2. The number of hydrogen-bond acceptors (Lipinski definition) is 3. The van der Waals surface area contributed by atoms with Crippen LogP contribution in [0.15, 0.2) is 41.0 Å². The van der Waals surface area contributed by atoms with Crippen molar-refractivity contribution in [1.82, 2.24) is 9.88 Å². The van der Waals surface area contributed by atoms with Crippen LogP contribution in [0.25, 0.3) is 6.08 Å². The molecule has 0 bridgehead atoms. The first-order valence-electron chi connectivity index (χ1n) is 8.61. The van der Waals surface area contributed by atoms with Crippen molar-refractivity contribution in [2.45, 2.75) is 25.8 Å². The number of carbonyl (C=O) groups is 2. The standard InChI is InChI=1S/C20H18BrN3O2/c21-17-4-2-16-12-24(8-7-14(16)10-17)19(26)6-1-13-9-15-3-5-18(25)23-20(15)22-11-13/h1-2,4,6,9-11H,3,5,7-8,12H2,(H,22,23,25)/b6-1+. The van der Waals surface area contributed by atoms with Gasteiger partial charge in [0.15, 0.2) is 0 Å². The molecule has 0 fully saturated rings. The third-order valence-electron chi connectivity index (χ3n) is 4.78. The maximum Gasteiger partial charge on any atom is 0.246 e. The fourth-order valence-electron chi connectivity index (χ4n) is 3.35. The van der Waals surface area contributed by atoms with Crippen LogP contribution in [0.3, 0.4) is 0 Å². The topological polar surface area (TPSA) is 62.3 Å². The Bertz CT molecular complexity index is 923. The summed E-state index contributed by atoms with van der Waals surface area (Å²) < 4.78 is 1.08. The largest absolute Gasteiger partial charge is 0.334 e. The summed E-state index contributed by atoms with van der Waals surface area (Å²) in [5.41, 5.74) is 4.38. The molecule has 0 aliphatic carbocycles. The van der Waals surface area contributed by atoms with Crippen molar-refractivity contribution in [2.75, 3.05) is 11.9 Å². The first-order chi connectivity index (χ1) is 12.6. The van der Waals surface area contributed by atoms with E-state index in [1.807, 2.05) is 17.0 Å². The van der Waals surface area contributed by atoms with E-state index in [4.69, 9.17) is 0 Å². The molecule has 132 valence electrons. The molecule has 1 aromatic heterocycles. The first-order valence-corrected chi connectivity index (χ1v) is 9.41. The van der Waals surface area contributed by atoms with Gasteiger partial charge in [0.2, 0.25) is 11.8 Å². The lowest BCUT2D eigenvalue weighted by Crippen LogP contribution is -2.34. The zero-order chi connectivity index (χ0) is 18.1. The number of hydrogen-bond donors (Lipinski definition) is 1. The van der Waals surface area contributed by atoms with Gasteiger partial charge in [-0.25, -0.2) is 4.98 Å². The Labute approximate surface area is 160 Å². The van der Waals surface area contributed by atoms with Crippen LogP contribution in [0.4, 0.5) is 5.82 Å². The Kier molecular flexibility index (Phi) is 4.59. The van der Waals surface area contributed by atoms with E-state index >= 15 is 0 Å². The Morgan fingerprint density at radius 1 is 1.15 bits per heavy atom. The second-order valence-electron chi connectivity index (χ2n) is 6.58. The van der Waals surface area contributed by atoms with E-state index in [1.54, 1.807) is 18.3 Å². The van der Waals surface area contributed by atoms with Gasteiger partial charge in [0.25, 0.3) is 0 Å². The molecule has 4 rings (SSSR count). The normalized spacial score (nSPS) is 16.2. The number of anilines is 1. The SMILES string of the molecule is O=C1CCc2cc(/C=C/C(=O)N3CCc4cc(Br)ccc4C3)cnc2N1. The highest BCUT2D eigenvalue weighted by Crippen LogP contribution is 2.24. The van der Waals surface area contributed by atoms with Gasteiger partial charge in [0, 0.05) is 36.3 Å². The summed E-state index contributed by atoms with van der Waals surface area (Å²) in [6, 6.07) is 8.20. The lowest BCUT2D eigenvalue weighted by atomic mass is 10.00. The Morgan fingerprint density at radius 2 is 2.04 bits per heavy atom. The molecule has 0 atom stereocenters. The molecular weight excluding hydrogens is 394 g/mol. The molecule has 5 nitrogen and oxygen atoms in total. The summed E-state index contributed by atoms with van der Waals surface area (Å²) in [7, 11) is 0. The zero-order valence-electron chi connectivity index (χ0n) is 14.2. The minimum atomic E-state index is 0.000814. The van der Waals surface area contributed by atoms with E-state index < -0.39 is 0 Å². The van der Waals surface area contributed by atoms with Crippen molar-refractivity contribution in [3.63, 3.8) is 0 Å². The molecule has 0 spiro atoms. The molecule has 0 saturated carbocycles. The number of aromatic nitrogens is 1. The Hall–Kier alpha value is -2.47. The number of pyridine rings is 1. The number of aryl methyl sites for hydroxylation is 1. The number of rotatable bonds is 2. The van der Waals surface area contributed by atoms with E-state index in [-0.39, 0.29) is 11.8 Å². The smallest absolute Gasteiger partial charge is 0.246 e. The number of halogens is 1. The number of nitrogens with one attached hydrogen (secondary N) is 1. The van der Waals surface area contributed by atoms with Crippen LogP contribution >= 0.6 is 15.9 Å². The van der Waals surface area contributed by atoms with Crippen LogP contribution in [0.1, 0.15) is 28.7 Å². The third-order valence-corrected chi connectivity index (χ3v) is 5.27. The van der Waals surface area contributed by atoms with E-state index in [0.717, 1.165) is 28.6 Å². The quantitative estimate of drug-likeness (QED) is 0.770. The maximum absolute atomic E-state index is 12.5. The highest BCUT2D eigenvalue weighted by atomic mass is 79.9. The van der Waals surface area contributed by atoms with Crippen LogP contribution in [-0.2, 0) is 29.0 Å². The summed E-state index contributed by atoms with van der Waals surface area (Å²) in [6.07, 6.45) is 7.11. The molecule has 6 heteroatoms. The van der Waals surface area contributed by atoms with Crippen molar-refractivity contribution in [2.24, 2.45) is 0 Å². The Morgan fingerprint density at radius 3 is 2.92 bits per heavy atom. The monoisotopic (exact) mass is 411 g/mol. The van der Waals surface area contributed by atoms with Gasteiger partial charge in [0.05, 0.1) is 0 Å². The number of carbonyl (C=O) groups excluding carboxylic acids is 2. The second kappa shape index (κ2) is 7.03. The van der Waals surface area contributed by atoms with Crippen LogP contribution < -0.4 is 5.32 Å². The van der Waals surface area contributed by atoms with Crippen molar-refractivity contribution in [3.8, 4) is 0 Å². The van der Waals surface area contributed by atoms with Crippen molar-refractivity contribution in [1.29, 1.82) is 0 Å². The summed E-state index contributed by atoms with van der Waals surface area (Å²) >= 11 is 3.49. The summed E-state index contributed by atoms with van der Waals surface area (Å²) in [4.78, 5) is 30.1. The lowest BCUT2D eigenvalue weighted by Gasteiger charge is -2.28. The molecule has 2 amide bonds. The fraction of sp³-hybridized carbons (Fsp3) is 0.250. The lowest BCUT2D eigenvalue weighted by molar-refractivity contribution is -0.126. The van der Waals surface area contributed by atoms with E-state index in [0.29, 0.717) is 25.2 Å². The van der Waals surface area contributed by atoms with Crippen LogP contribution in [0, 0.1) is 0 Å². The fourth-order valence-corrected chi connectivity index (χ4v) is 3.76. The average Bonchev–Trinajstić information content (AvgIpc) is 2.65. The van der Waals surface area contributed by atoms with Gasteiger partial charge in [-0.15, -0.1) is 0 Å². The van der Waals surface area contributed by atoms with Gasteiger partial charge in [-0.1, -0.05) is 22.0 Å². The molecule has 0 radical (unpaired) electrons. The third kappa shape index (κ3) is 3.55. The maximum atomic E-state index is 12.5. The summed E-state index contributed by atoms with van der Waals surface area (Å²) in [5.74, 6) is 0.633. The van der Waals surface area contributed by atoms with Gasteiger partial charge in [-0.05, 0) is 59.4 Å². The van der Waals surface area contributed by atoms with Gasteiger partial charge in [-0.2, -0.15) is 0 Å². The van der Waals surface area contributed by atoms with Crippen molar-refractivity contribution in [3.05, 3.63) is 63.3 Å². The zero-order valence-corrected chi connectivity index (χ0v) is 15.8. The highest BCUT2D eigenvalue weighted by Gasteiger charge is 2.19. The van der Waals surface area contributed by atoms with Crippen LogP contribution in [-0.4, -0.2) is 28.2 Å². The van der Waals surface area contributed by atoms with Crippen LogP contribution in [0.2, 0.25) is 0 Å². The van der Waals surface area contributed by atoms with E-state index in [9.17, 15) is 9.59 Å². The molecular formula is C20H18BrN3O2. The number of fused-ring (bicyclic) bond motifs is 2. The summed E-state index contributed by atoms with van der Waals surface area (Å²) in [6.45, 7) is 1.36. The predicted octanol–water partition coefficient (Wildman–Crippen LogP) is 3.33. The average molecular weight is 412 g/mol. The second-order valence-corrected chi connectivity index (χ2v) is 7.50. The van der Waals surface area contributed by atoms with Gasteiger partial charge in [0.1, 0.15) is 5.82 Å². The van der Waals surface area contributed by atoms with Gasteiger partial charge < -0.3 is 10.2 Å². The predicted molar refractivity (Wildman–Crippen MR) is 103 cm³/mol. The van der Waals surface area contributed by atoms with Gasteiger partial charge in [-0.3, -0.25) is 9.59 Å². The molecule has 2 aromatic rings. The highest BCUT2D eigenvalue weighted by molar-refractivity contribution is 9.10. The molecule has 0 saturated heterocycles. The van der Waals surface area contributed by atoms with Crippen molar-refractivity contribution < 1.29 is 9.59 Å². The molecule has 26 heavy (non-hydrogen) atoms. The molecule has 2 aliphatic heterocycles. The molecule has 2 aliphatic rings. The summed E-state index contributed by atoms with van der Waals surface area (Å²) in [5, 5.41) is 2.76. The van der Waals surface area contributed by atoms with Gasteiger partial charge >= 0.3 is 0 Å². The van der Waals surface area contributed by atoms with E-state index in [1.165, 1.54) is 11.1 Å². The van der Waals surface area contributed by atoms with E-state index in [2.05, 4.69) is 38.4 Å². The minimum Gasteiger partial charge on any atom is -0.334 e. The molecule has 0 unspecified atom stereocenters. The Balaban J connectivity index is 1.45.